The lowest BCUT2D eigenvalue weighted by atomic mass is 9.87. The van der Waals surface area contributed by atoms with Crippen molar-refractivity contribution in [3.8, 4) is 28.7 Å². The molecule has 582 valence electrons. The Hall–Kier alpha value is -11.2. The van der Waals surface area contributed by atoms with E-state index in [1.165, 1.54) is 116 Å². The number of rotatable bonds is 5. The highest BCUT2D eigenvalue weighted by atomic mass is 16.7. The molecule has 13 aromatic rings. The molecule has 111 heavy (non-hydrogen) atoms. The first-order chi connectivity index (χ1) is 53.1. The second kappa shape index (κ2) is 51.3. The quantitative estimate of drug-likeness (QED) is 0.179. The number of allylic oxidation sites excluding steroid dienone is 1. The first-order valence-electron chi connectivity index (χ1n) is 38.5. The highest BCUT2D eigenvalue weighted by Gasteiger charge is 2.13. The zero-order valence-corrected chi connectivity index (χ0v) is 70.5. The Morgan fingerprint density at radius 2 is 0.658 bits per heavy atom. The monoisotopic (exact) mass is 1480 g/mol. The second-order valence-electron chi connectivity index (χ2n) is 29.2. The Morgan fingerprint density at radius 1 is 0.324 bits per heavy atom. The minimum atomic E-state index is 0.139. The molecule has 6 nitrogen and oxygen atoms in total. The van der Waals surface area contributed by atoms with Crippen molar-refractivity contribution >= 4 is 16.8 Å². The lowest BCUT2D eigenvalue weighted by Crippen LogP contribution is -2.10. The molecule has 1 heterocycles. The van der Waals surface area contributed by atoms with Crippen LogP contribution in [-0.4, -0.2) is 31.2 Å². The molecular weight excluding hydrogens is 1360 g/mol. The molecule has 0 amide bonds. The Balaban J connectivity index is 0.000000256. The van der Waals surface area contributed by atoms with Gasteiger partial charge in [0.1, 0.15) is 17.2 Å². The molecule has 0 fully saturated rings. The maximum atomic E-state index is 8.76. The summed E-state index contributed by atoms with van der Waals surface area (Å²) in [7, 11) is 3.36. The van der Waals surface area contributed by atoms with E-state index < -0.39 is 0 Å². The molecule has 0 unspecified atom stereocenters. The zero-order valence-electron chi connectivity index (χ0n) is 70.5. The number of benzene rings is 13. The largest absolute Gasteiger partial charge is 0.508 e. The molecule has 6 heteroatoms. The number of hydrogen-bond donors (Lipinski definition) is 2. The summed E-state index contributed by atoms with van der Waals surface area (Å²) in [4.78, 5) is 0. The first-order valence-corrected chi connectivity index (χ1v) is 38.5. The van der Waals surface area contributed by atoms with Crippen molar-refractivity contribution in [1.29, 1.82) is 0 Å². The van der Waals surface area contributed by atoms with Crippen LogP contribution in [0.1, 0.15) is 147 Å². The summed E-state index contributed by atoms with van der Waals surface area (Å²) in [5.74, 6) is 3.87. The van der Waals surface area contributed by atoms with Crippen LogP contribution in [0, 0.1) is 90.0 Å². The van der Waals surface area contributed by atoms with Crippen LogP contribution in [0.25, 0.3) is 16.8 Å². The van der Waals surface area contributed by atoms with E-state index in [0.29, 0.717) is 12.5 Å². The molecule has 0 spiro atoms. The molecule has 0 atom stereocenters. The fourth-order valence-corrected chi connectivity index (χ4v) is 10.3. The number of phenols is 1. The van der Waals surface area contributed by atoms with Crippen LogP contribution in [0.4, 0.5) is 0 Å². The molecule has 1 aliphatic carbocycles. The molecule has 13 aromatic carbocycles. The lowest BCUT2D eigenvalue weighted by molar-refractivity contribution is 0.174. The normalized spacial score (nSPS) is 10.5. The molecule has 15 rings (SSSR count). The third kappa shape index (κ3) is 39.7. The zero-order chi connectivity index (χ0) is 81.5. The van der Waals surface area contributed by atoms with E-state index in [-0.39, 0.29) is 12.0 Å². The van der Waals surface area contributed by atoms with Gasteiger partial charge < -0.3 is 29.2 Å². The predicted octanol–water partition coefficient (Wildman–Crippen LogP) is 27.7. The van der Waals surface area contributed by atoms with Crippen LogP contribution in [-0.2, 0) is 31.3 Å². The van der Waals surface area contributed by atoms with Gasteiger partial charge in [0.05, 0.1) is 20.8 Å². The van der Waals surface area contributed by atoms with Crippen molar-refractivity contribution in [1.82, 2.24) is 0 Å². The van der Waals surface area contributed by atoms with Crippen LogP contribution in [0.2, 0.25) is 0 Å². The van der Waals surface area contributed by atoms with Gasteiger partial charge in [-0.1, -0.05) is 368 Å². The highest BCUT2D eigenvalue weighted by Crippen LogP contribution is 2.32. The minimum Gasteiger partial charge on any atom is -0.508 e. The fraction of sp³-hybridized carbons (Fsp3) is 0.257. The number of hydrogen-bond acceptors (Lipinski definition) is 6. The molecule has 2 aliphatic rings. The second-order valence-corrected chi connectivity index (χ2v) is 29.2. The summed E-state index contributed by atoms with van der Waals surface area (Å²) >= 11 is 0. The third-order valence-electron chi connectivity index (χ3n) is 17.6. The Bertz CT molecular complexity index is 4320. The molecule has 0 radical (unpaired) electrons. The van der Waals surface area contributed by atoms with Gasteiger partial charge in [-0.15, -0.1) is 0 Å². The van der Waals surface area contributed by atoms with Gasteiger partial charge in [0, 0.05) is 0 Å². The van der Waals surface area contributed by atoms with Gasteiger partial charge in [-0.2, -0.15) is 0 Å². The lowest BCUT2D eigenvalue weighted by Gasteiger charge is -2.18. The average Bonchev–Trinajstić information content (AvgIpc) is 1.76. The smallest absolute Gasteiger partial charge is 0.231 e. The Labute approximate surface area is 669 Å². The van der Waals surface area contributed by atoms with Crippen molar-refractivity contribution in [3.63, 3.8) is 0 Å². The number of phenolic OH excluding ortho intramolecular Hbond substituents is 1. The van der Waals surface area contributed by atoms with E-state index in [0.717, 1.165) is 47.8 Å². The standard InChI is InChI=1S/C12H12O.C11H16.C10H10.2C9H12.C8H8O2.2C8H10O.2C8H10.C7H8O.C7H8/c1-9-3-4-11-8-12(13-2)6-5-10(11)7-9;1-9-5-7-10(8-6-9)11(2,3)4;1-8-6-9-4-2-3-5-10(9)7-8;2*1-3-9-6-4-8(2)5-7-9;1-6-2-3-7-8(4-6)10-5-9-7;1-7-3-5-8(9-2)6-4-7;1-7-2-4-8(6-9)5-3-7;2*1-7-3-5-8(2)6-4-7;1-6-2-4-7(8)5-3-6;1-7-5-3-2-4-6-7/h3-8H,1-2H3;5-8H,1-4H3;2-6H,7H2,1H3;2*4-7H,3H2,1-2H3;2-4H,5H2,1H3;3-6H,1-2H3;2-5,9H,6H2,1H3;2*3-6H,1-2H3;2-5,8H,1H3;2-6H,1H3. The molecule has 0 bridgehead atoms. The third-order valence-corrected chi connectivity index (χ3v) is 17.6. The van der Waals surface area contributed by atoms with Gasteiger partial charge in [0.25, 0.3) is 0 Å². The van der Waals surface area contributed by atoms with E-state index >= 15 is 0 Å². The molecule has 2 N–H and O–H groups in total. The van der Waals surface area contributed by atoms with Crippen LogP contribution in [0.15, 0.2) is 309 Å². The summed E-state index contributed by atoms with van der Waals surface area (Å²) in [6, 6.07) is 103. The number of aliphatic hydroxyl groups excluding tert-OH is 1. The SMILES string of the molecule is CC1=Cc2ccccc2C1.CCc1ccc(C)cc1.CCc1ccc(C)cc1.COc1ccc(C)cc1.COc1ccc2cc(C)ccc2c1.Cc1ccc(C(C)(C)C)cc1.Cc1ccc(C)cc1.Cc1ccc(C)cc1.Cc1ccc(CO)cc1.Cc1ccc(O)cc1.Cc1ccc2c(c1)OCO2.Cc1ccccc1. The summed E-state index contributed by atoms with van der Waals surface area (Å²) in [5.41, 5.74) is 26.6. The summed E-state index contributed by atoms with van der Waals surface area (Å²) in [5, 5.41) is 19.9. The average molecular weight is 1480 g/mol. The van der Waals surface area contributed by atoms with E-state index in [2.05, 4.69) is 305 Å². The molecular formula is C105H126O6. The topological polar surface area (TPSA) is 77.4 Å². The Kier molecular flexibility index (Phi) is 42.6. The number of methoxy groups -OCH3 is 2. The van der Waals surface area contributed by atoms with Crippen molar-refractivity contribution in [2.45, 2.75) is 163 Å². The van der Waals surface area contributed by atoms with E-state index in [1.807, 2.05) is 124 Å². The van der Waals surface area contributed by atoms with Crippen LogP contribution >= 0.6 is 0 Å². The summed E-state index contributed by atoms with van der Waals surface area (Å²) < 4.78 is 20.4. The minimum absolute atomic E-state index is 0.139. The summed E-state index contributed by atoms with van der Waals surface area (Å²) in [6.07, 6.45) is 5.69. The number of aromatic hydroxyl groups is 1. The maximum Gasteiger partial charge on any atom is 0.231 e. The number of ether oxygens (including phenoxy) is 4. The predicted molar refractivity (Wildman–Crippen MR) is 478 cm³/mol. The highest BCUT2D eigenvalue weighted by molar-refractivity contribution is 5.84. The molecule has 0 saturated heterocycles. The molecule has 1 aliphatic heterocycles. The van der Waals surface area contributed by atoms with Crippen molar-refractivity contribution in [2.75, 3.05) is 21.0 Å². The number of aryl methyl sites for hydroxylation is 15. The number of aliphatic hydroxyl groups is 1. The fourth-order valence-electron chi connectivity index (χ4n) is 10.3. The first kappa shape index (κ1) is 92.2. The van der Waals surface area contributed by atoms with E-state index in [1.54, 1.807) is 26.4 Å². The number of fused-ring (bicyclic) bond motifs is 3. The van der Waals surface area contributed by atoms with E-state index in [4.69, 9.17) is 29.2 Å². The van der Waals surface area contributed by atoms with Crippen LogP contribution in [0.3, 0.4) is 0 Å². The van der Waals surface area contributed by atoms with Gasteiger partial charge in [-0.3, -0.25) is 0 Å². The Morgan fingerprint density at radius 3 is 1.05 bits per heavy atom. The van der Waals surface area contributed by atoms with Crippen molar-refractivity contribution < 1.29 is 29.2 Å². The van der Waals surface area contributed by atoms with Gasteiger partial charge >= 0.3 is 0 Å². The van der Waals surface area contributed by atoms with Crippen molar-refractivity contribution in [2.24, 2.45) is 0 Å². The van der Waals surface area contributed by atoms with Gasteiger partial charge in [-0.25, -0.2) is 0 Å². The molecule has 0 aromatic heterocycles. The van der Waals surface area contributed by atoms with Gasteiger partial charge in [0.15, 0.2) is 11.5 Å². The molecule has 0 saturated carbocycles. The van der Waals surface area contributed by atoms with Crippen molar-refractivity contribution in [3.05, 3.63) is 415 Å². The summed E-state index contributed by atoms with van der Waals surface area (Å²) in [6.45, 7) is 40.7. The van der Waals surface area contributed by atoms with Crippen LogP contribution < -0.4 is 18.9 Å². The maximum absolute atomic E-state index is 8.76. The van der Waals surface area contributed by atoms with E-state index in [9.17, 15) is 0 Å². The van der Waals surface area contributed by atoms with Gasteiger partial charge in [-0.05, 0) is 220 Å². The van der Waals surface area contributed by atoms with Crippen LogP contribution in [0.5, 0.6) is 28.7 Å². The van der Waals surface area contributed by atoms with Gasteiger partial charge in [0.2, 0.25) is 6.79 Å².